The highest BCUT2D eigenvalue weighted by Crippen LogP contribution is 2.29. The Bertz CT molecular complexity index is 1530. The van der Waals surface area contributed by atoms with Gasteiger partial charge in [0.05, 0.1) is 23.8 Å². The first-order valence-corrected chi connectivity index (χ1v) is 11.4. The number of aryl methyl sites for hydroxylation is 1. The first-order valence-electron chi connectivity index (χ1n) is 11.4. The molecule has 1 unspecified atom stereocenters. The fourth-order valence-corrected chi connectivity index (χ4v) is 3.72. The Hall–Kier alpha value is -4.47. The number of amides is 1. The topological polar surface area (TPSA) is 86.0 Å². The molecule has 1 atom stereocenters. The molecule has 0 radical (unpaired) electrons. The molecular weight excluding hydrogens is 485 g/mol. The van der Waals surface area contributed by atoms with E-state index in [4.69, 9.17) is 0 Å². The molecule has 4 rings (SSSR count). The van der Waals surface area contributed by atoms with Crippen LogP contribution in [0.15, 0.2) is 88.5 Å². The van der Waals surface area contributed by atoms with Gasteiger partial charge in [0, 0.05) is 0 Å². The molecule has 1 aromatic heterocycles. The lowest BCUT2D eigenvalue weighted by atomic mass is 10.1. The minimum absolute atomic E-state index is 0.276. The number of nitrogens with zero attached hydrogens (tertiary/aromatic N) is 3. The first kappa shape index (κ1) is 25.6. The van der Waals surface area contributed by atoms with Gasteiger partial charge in [-0.25, -0.2) is 4.79 Å². The van der Waals surface area contributed by atoms with Crippen molar-refractivity contribution in [2.24, 2.45) is 0 Å². The number of rotatable bonds is 6. The fourth-order valence-electron chi connectivity index (χ4n) is 3.72. The lowest BCUT2D eigenvalue weighted by Gasteiger charge is -2.16. The van der Waals surface area contributed by atoms with Crippen molar-refractivity contribution in [2.75, 3.05) is 0 Å². The van der Waals surface area contributed by atoms with Crippen LogP contribution in [0.25, 0.3) is 5.69 Å². The predicted molar refractivity (Wildman–Crippen MR) is 132 cm³/mol. The van der Waals surface area contributed by atoms with Crippen LogP contribution in [0, 0.1) is 6.92 Å². The molecule has 7 nitrogen and oxygen atoms in total. The minimum Gasteiger partial charge on any atom is -0.344 e. The molecule has 0 aliphatic rings. The second kappa shape index (κ2) is 10.3. The minimum atomic E-state index is -4.52. The molecule has 1 amide bonds. The number of benzene rings is 3. The van der Waals surface area contributed by atoms with Crippen LogP contribution in [-0.2, 0) is 12.7 Å². The van der Waals surface area contributed by atoms with Crippen molar-refractivity contribution in [3.8, 4) is 5.69 Å². The third-order valence-corrected chi connectivity index (χ3v) is 5.82. The van der Waals surface area contributed by atoms with Crippen molar-refractivity contribution in [1.29, 1.82) is 0 Å². The average molecular weight is 509 g/mol. The second-order valence-corrected chi connectivity index (χ2v) is 8.57. The Morgan fingerprint density at radius 3 is 2.16 bits per heavy atom. The quantitative estimate of drug-likeness (QED) is 0.422. The number of carbonyl (C=O) groups is 1. The van der Waals surface area contributed by atoms with Crippen molar-refractivity contribution in [3.63, 3.8) is 0 Å². The molecule has 1 N–H and O–H groups in total. The van der Waals surface area contributed by atoms with Gasteiger partial charge < -0.3 is 5.32 Å². The number of hydrogen-bond donors (Lipinski definition) is 1. The Morgan fingerprint density at radius 1 is 0.946 bits per heavy atom. The van der Waals surface area contributed by atoms with Gasteiger partial charge in [0.25, 0.3) is 11.5 Å². The zero-order chi connectivity index (χ0) is 26.7. The summed E-state index contributed by atoms with van der Waals surface area (Å²) in [6, 6.07) is 19.4. The number of alkyl halides is 3. The van der Waals surface area contributed by atoms with E-state index in [1.54, 1.807) is 31.2 Å². The molecular formula is C27H23F3N4O3. The molecule has 37 heavy (non-hydrogen) atoms. The van der Waals surface area contributed by atoms with E-state index in [9.17, 15) is 27.6 Å². The maximum absolute atomic E-state index is 13.3. The summed E-state index contributed by atoms with van der Waals surface area (Å²) in [6.45, 7) is 3.25. The Balaban J connectivity index is 1.78. The predicted octanol–water partition coefficient (Wildman–Crippen LogP) is 4.26. The van der Waals surface area contributed by atoms with Crippen molar-refractivity contribution in [2.45, 2.75) is 32.6 Å². The number of carbonyl (C=O) groups excluding carboxylic acids is 1. The lowest BCUT2D eigenvalue weighted by Crippen LogP contribution is -2.46. The van der Waals surface area contributed by atoms with Gasteiger partial charge in [-0.2, -0.15) is 23.0 Å². The summed E-state index contributed by atoms with van der Waals surface area (Å²) in [7, 11) is 0. The zero-order valence-electron chi connectivity index (χ0n) is 20.0. The van der Waals surface area contributed by atoms with Gasteiger partial charge in [0.15, 0.2) is 0 Å². The summed E-state index contributed by atoms with van der Waals surface area (Å²) in [4.78, 5) is 39.7. The van der Waals surface area contributed by atoms with Crippen LogP contribution in [0.3, 0.4) is 0 Å². The molecule has 0 spiro atoms. The first-order chi connectivity index (χ1) is 17.5. The standard InChI is InChI=1S/C27H23F3N4O3/c1-17-8-14-22(15-9-17)34-26(37)33(16-19-10-12-21(13-11-19)27(28,29)30)25(36)23(32-34)24(35)31-18(2)20-6-4-3-5-7-20/h3-15,18H,16H2,1-2H3,(H,31,35). The molecule has 4 aromatic rings. The van der Waals surface area contributed by atoms with Gasteiger partial charge >= 0.3 is 11.9 Å². The van der Waals surface area contributed by atoms with E-state index in [1.165, 1.54) is 12.1 Å². The highest BCUT2D eigenvalue weighted by molar-refractivity contribution is 5.92. The Kier molecular flexibility index (Phi) is 7.10. The van der Waals surface area contributed by atoms with E-state index in [0.29, 0.717) is 5.69 Å². The van der Waals surface area contributed by atoms with Crippen LogP contribution < -0.4 is 16.6 Å². The van der Waals surface area contributed by atoms with E-state index in [0.717, 1.165) is 32.5 Å². The molecule has 0 saturated carbocycles. The SMILES string of the molecule is Cc1ccc(-n2nc(C(=O)NC(C)c3ccccc3)c(=O)n(Cc3ccc(C(F)(F)F)cc3)c2=O)cc1. The van der Waals surface area contributed by atoms with E-state index in [2.05, 4.69) is 10.4 Å². The van der Waals surface area contributed by atoms with Crippen LogP contribution >= 0.6 is 0 Å². The molecule has 1 heterocycles. The molecule has 0 saturated heterocycles. The van der Waals surface area contributed by atoms with Gasteiger partial charge in [-0.15, -0.1) is 0 Å². The zero-order valence-corrected chi connectivity index (χ0v) is 20.0. The number of halogens is 3. The Labute approximate surface area is 209 Å². The van der Waals surface area contributed by atoms with Gasteiger partial charge in [0.2, 0.25) is 5.69 Å². The molecule has 190 valence electrons. The largest absolute Gasteiger partial charge is 0.416 e. The van der Waals surface area contributed by atoms with Gasteiger partial charge in [0.1, 0.15) is 0 Å². The average Bonchev–Trinajstić information content (AvgIpc) is 2.87. The van der Waals surface area contributed by atoms with Crippen molar-refractivity contribution < 1.29 is 18.0 Å². The summed E-state index contributed by atoms with van der Waals surface area (Å²) < 4.78 is 40.6. The second-order valence-electron chi connectivity index (χ2n) is 8.57. The summed E-state index contributed by atoms with van der Waals surface area (Å²) in [5.41, 5.74) is -0.843. The molecule has 0 bridgehead atoms. The smallest absolute Gasteiger partial charge is 0.344 e. The van der Waals surface area contributed by atoms with E-state index in [-0.39, 0.29) is 12.1 Å². The van der Waals surface area contributed by atoms with Crippen LogP contribution in [0.2, 0.25) is 0 Å². The van der Waals surface area contributed by atoms with Gasteiger partial charge in [-0.3, -0.25) is 14.2 Å². The van der Waals surface area contributed by atoms with Crippen LogP contribution in [0.1, 0.15) is 45.7 Å². The van der Waals surface area contributed by atoms with Crippen molar-refractivity contribution >= 4 is 5.91 Å². The van der Waals surface area contributed by atoms with Gasteiger partial charge in [-0.05, 0) is 49.2 Å². The van der Waals surface area contributed by atoms with Crippen molar-refractivity contribution in [1.82, 2.24) is 19.7 Å². The Morgan fingerprint density at radius 2 is 1.57 bits per heavy atom. The summed E-state index contributed by atoms with van der Waals surface area (Å²) >= 11 is 0. The highest BCUT2D eigenvalue weighted by Gasteiger charge is 2.30. The summed E-state index contributed by atoms with van der Waals surface area (Å²) in [6.07, 6.45) is -4.52. The molecule has 3 aromatic carbocycles. The third kappa shape index (κ3) is 5.69. The number of nitrogens with one attached hydrogen (secondary N) is 1. The third-order valence-electron chi connectivity index (χ3n) is 5.82. The molecule has 0 fully saturated rings. The summed E-state index contributed by atoms with van der Waals surface area (Å²) in [5.74, 6) is -0.789. The fraction of sp³-hybridized carbons (Fsp3) is 0.185. The molecule has 0 aliphatic heterocycles. The van der Waals surface area contributed by atoms with E-state index in [1.807, 2.05) is 37.3 Å². The van der Waals surface area contributed by atoms with Crippen LogP contribution in [0.5, 0.6) is 0 Å². The number of aromatic nitrogens is 3. The van der Waals surface area contributed by atoms with E-state index < -0.39 is 40.6 Å². The number of hydrogen-bond acceptors (Lipinski definition) is 4. The maximum atomic E-state index is 13.3. The van der Waals surface area contributed by atoms with Gasteiger partial charge in [-0.1, -0.05) is 60.2 Å². The summed E-state index contributed by atoms with van der Waals surface area (Å²) in [5, 5.41) is 6.80. The van der Waals surface area contributed by atoms with Crippen LogP contribution in [-0.4, -0.2) is 20.3 Å². The van der Waals surface area contributed by atoms with Crippen molar-refractivity contribution in [3.05, 3.63) is 128 Å². The highest BCUT2D eigenvalue weighted by atomic mass is 19.4. The van der Waals surface area contributed by atoms with Crippen LogP contribution in [0.4, 0.5) is 13.2 Å². The normalized spacial score (nSPS) is 12.2. The molecule has 0 aliphatic carbocycles. The molecule has 10 heteroatoms. The lowest BCUT2D eigenvalue weighted by molar-refractivity contribution is -0.137. The van der Waals surface area contributed by atoms with E-state index >= 15 is 0 Å². The monoisotopic (exact) mass is 508 g/mol. The maximum Gasteiger partial charge on any atom is 0.416 e.